The molecule has 0 fully saturated rings. The zero-order valence-corrected chi connectivity index (χ0v) is 11.1. The average Bonchev–Trinajstić information content (AvgIpc) is 2.68. The van der Waals surface area contributed by atoms with E-state index in [-0.39, 0.29) is 0 Å². The molecule has 0 N–H and O–H groups in total. The Balaban J connectivity index is 2.25. The van der Waals surface area contributed by atoms with Crippen molar-refractivity contribution in [2.24, 2.45) is 0 Å². The van der Waals surface area contributed by atoms with Gasteiger partial charge in [0, 0.05) is 27.7 Å². The minimum atomic E-state index is 0.628. The SMILES string of the molecule is ClCCc1csc(-c2ccc(Br)cc2)n1. The van der Waals surface area contributed by atoms with Gasteiger partial charge in [0.25, 0.3) is 0 Å². The molecule has 0 unspecified atom stereocenters. The van der Waals surface area contributed by atoms with Crippen molar-refractivity contribution in [3.05, 3.63) is 39.8 Å². The van der Waals surface area contributed by atoms with E-state index in [1.807, 2.05) is 12.1 Å². The van der Waals surface area contributed by atoms with Crippen molar-refractivity contribution in [1.29, 1.82) is 0 Å². The number of aromatic nitrogens is 1. The van der Waals surface area contributed by atoms with E-state index in [1.165, 1.54) is 0 Å². The molecule has 1 aromatic heterocycles. The third kappa shape index (κ3) is 2.80. The van der Waals surface area contributed by atoms with Gasteiger partial charge in [-0.1, -0.05) is 28.1 Å². The first-order valence-electron chi connectivity index (χ1n) is 4.56. The van der Waals surface area contributed by atoms with E-state index in [0.29, 0.717) is 5.88 Å². The highest BCUT2D eigenvalue weighted by Crippen LogP contribution is 2.25. The second kappa shape index (κ2) is 5.10. The fourth-order valence-corrected chi connectivity index (χ4v) is 2.56. The lowest BCUT2D eigenvalue weighted by molar-refractivity contribution is 1.07. The normalized spacial score (nSPS) is 10.5. The second-order valence-corrected chi connectivity index (χ2v) is 5.24. The summed E-state index contributed by atoms with van der Waals surface area (Å²) in [5.74, 6) is 0.628. The van der Waals surface area contributed by atoms with Crippen molar-refractivity contribution < 1.29 is 0 Å². The predicted octanol–water partition coefficient (Wildman–Crippen LogP) is 4.35. The number of halogens is 2. The molecule has 15 heavy (non-hydrogen) atoms. The van der Waals surface area contributed by atoms with Crippen LogP contribution >= 0.6 is 38.9 Å². The van der Waals surface area contributed by atoms with Crippen LogP contribution in [-0.2, 0) is 6.42 Å². The minimum Gasteiger partial charge on any atom is -0.241 e. The van der Waals surface area contributed by atoms with Crippen molar-refractivity contribution in [3.8, 4) is 10.6 Å². The topological polar surface area (TPSA) is 12.9 Å². The Morgan fingerprint density at radius 3 is 2.67 bits per heavy atom. The maximum Gasteiger partial charge on any atom is 0.123 e. The molecule has 1 heterocycles. The zero-order chi connectivity index (χ0) is 10.7. The fourth-order valence-electron chi connectivity index (χ4n) is 1.24. The van der Waals surface area contributed by atoms with Crippen molar-refractivity contribution in [2.45, 2.75) is 6.42 Å². The highest BCUT2D eigenvalue weighted by atomic mass is 79.9. The molecule has 1 aromatic carbocycles. The third-order valence-electron chi connectivity index (χ3n) is 1.99. The summed E-state index contributed by atoms with van der Waals surface area (Å²) in [4.78, 5) is 4.52. The van der Waals surface area contributed by atoms with Crippen molar-refractivity contribution in [1.82, 2.24) is 4.98 Å². The first-order valence-corrected chi connectivity index (χ1v) is 6.76. The Morgan fingerprint density at radius 1 is 1.27 bits per heavy atom. The molecule has 0 bridgehead atoms. The molecule has 2 rings (SSSR count). The predicted molar refractivity (Wildman–Crippen MR) is 69.7 cm³/mol. The van der Waals surface area contributed by atoms with Crippen LogP contribution in [0.25, 0.3) is 10.6 Å². The third-order valence-corrected chi connectivity index (χ3v) is 3.65. The van der Waals surface area contributed by atoms with E-state index in [1.54, 1.807) is 11.3 Å². The maximum absolute atomic E-state index is 5.67. The van der Waals surface area contributed by atoms with E-state index >= 15 is 0 Å². The number of hydrogen-bond donors (Lipinski definition) is 0. The smallest absolute Gasteiger partial charge is 0.123 e. The van der Waals surface area contributed by atoms with Gasteiger partial charge in [0.1, 0.15) is 5.01 Å². The van der Waals surface area contributed by atoms with Gasteiger partial charge in [0.15, 0.2) is 0 Å². The molecule has 0 aliphatic carbocycles. The average molecular weight is 303 g/mol. The molecule has 0 atom stereocenters. The number of rotatable bonds is 3. The molecule has 1 nitrogen and oxygen atoms in total. The van der Waals surface area contributed by atoms with Gasteiger partial charge in [0.2, 0.25) is 0 Å². The molecule has 2 aromatic rings. The van der Waals surface area contributed by atoms with Gasteiger partial charge in [0.05, 0.1) is 5.69 Å². The number of aryl methyl sites for hydroxylation is 1. The summed E-state index contributed by atoms with van der Waals surface area (Å²) in [5, 5.41) is 3.13. The zero-order valence-electron chi connectivity index (χ0n) is 7.91. The Bertz CT molecular complexity index is 438. The van der Waals surface area contributed by atoms with E-state index in [4.69, 9.17) is 11.6 Å². The summed E-state index contributed by atoms with van der Waals surface area (Å²) >= 11 is 10.7. The molecule has 0 radical (unpaired) electrons. The number of nitrogens with zero attached hydrogens (tertiary/aromatic N) is 1. The van der Waals surface area contributed by atoms with Gasteiger partial charge in [-0.05, 0) is 12.1 Å². The van der Waals surface area contributed by atoms with Crippen molar-refractivity contribution in [2.75, 3.05) is 5.88 Å². The quantitative estimate of drug-likeness (QED) is 0.768. The Kier molecular flexibility index (Phi) is 3.78. The van der Waals surface area contributed by atoms with E-state index in [2.05, 4.69) is 38.4 Å². The number of benzene rings is 1. The van der Waals surface area contributed by atoms with Crippen molar-refractivity contribution >= 4 is 38.9 Å². The molecular formula is C11H9BrClNS. The Labute approximate surface area is 106 Å². The minimum absolute atomic E-state index is 0.628. The van der Waals surface area contributed by atoms with Gasteiger partial charge < -0.3 is 0 Å². The fraction of sp³-hybridized carbons (Fsp3) is 0.182. The second-order valence-electron chi connectivity index (χ2n) is 3.09. The van der Waals surface area contributed by atoms with Gasteiger partial charge in [-0.3, -0.25) is 0 Å². The van der Waals surface area contributed by atoms with Gasteiger partial charge >= 0.3 is 0 Å². The summed E-state index contributed by atoms with van der Waals surface area (Å²) in [6.07, 6.45) is 0.842. The van der Waals surface area contributed by atoms with Crippen LogP contribution in [0.1, 0.15) is 5.69 Å². The molecule has 4 heteroatoms. The standard InChI is InChI=1S/C11H9BrClNS/c12-9-3-1-8(2-4-9)11-14-10(5-6-13)7-15-11/h1-4,7H,5-6H2. The van der Waals surface area contributed by atoms with E-state index in [0.717, 1.165) is 27.2 Å². The van der Waals surface area contributed by atoms with Crippen LogP contribution < -0.4 is 0 Å². The molecule has 0 saturated heterocycles. The van der Waals surface area contributed by atoms with Crippen LogP contribution in [0.3, 0.4) is 0 Å². The summed E-state index contributed by atoms with van der Waals surface area (Å²) in [5.41, 5.74) is 2.23. The van der Waals surface area contributed by atoms with Crippen LogP contribution in [0.4, 0.5) is 0 Å². The van der Waals surface area contributed by atoms with Gasteiger partial charge in [-0.2, -0.15) is 0 Å². The lowest BCUT2D eigenvalue weighted by Crippen LogP contribution is -1.85. The molecular weight excluding hydrogens is 294 g/mol. The van der Waals surface area contributed by atoms with Crippen molar-refractivity contribution in [3.63, 3.8) is 0 Å². The first-order chi connectivity index (χ1) is 7.29. The molecule has 78 valence electrons. The highest BCUT2D eigenvalue weighted by Gasteiger charge is 2.03. The first kappa shape index (κ1) is 11.1. The number of hydrogen-bond acceptors (Lipinski definition) is 2. The van der Waals surface area contributed by atoms with Crippen LogP contribution in [0.2, 0.25) is 0 Å². The molecule has 0 saturated carbocycles. The van der Waals surface area contributed by atoms with Crippen LogP contribution in [0.5, 0.6) is 0 Å². The molecule has 0 aliphatic heterocycles. The molecule has 0 amide bonds. The van der Waals surface area contributed by atoms with Crippen LogP contribution in [-0.4, -0.2) is 10.9 Å². The van der Waals surface area contributed by atoms with Gasteiger partial charge in [-0.15, -0.1) is 22.9 Å². The van der Waals surface area contributed by atoms with Crippen LogP contribution in [0, 0.1) is 0 Å². The lowest BCUT2D eigenvalue weighted by atomic mass is 10.2. The number of alkyl halides is 1. The summed E-state index contributed by atoms with van der Waals surface area (Å²) in [6.45, 7) is 0. The summed E-state index contributed by atoms with van der Waals surface area (Å²) in [6, 6.07) is 8.18. The lowest BCUT2D eigenvalue weighted by Gasteiger charge is -1.95. The monoisotopic (exact) mass is 301 g/mol. The Morgan fingerprint density at radius 2 is 2.00 bits per heavy atom. The maximum atomic E-state index is 5.67. The van der Waals surface area contributed by atoms with E-state index < -0.39 is 0 Å². The summed E-state index contributed by atoms with van der Waals surface area (Å²) < 4.78 is 1.09. The largest absolute Gasteiger partial charge is 0.241 e. The number of thiazole rings is 1. The highest BCUT2D eigenvalue weighted by molar-refractivity contribution is 9.10. The molecule has 0 aliphatic rings. The van der Waals surface area contributed by atoms with Crippen LogP contribution in [0.15, 0.2) is 34.1 Å². The van der Waals surface area contributed by atoms with E-state index in [9.17, 15) is 0 Å². The molecule has 0 spiro atoms. The summed E-state index contributed by atoms with van der Waals surface area (Å²) in [7, 11) is 0. The van der Waals surface area contributed by atoms with Gasteiger partial charge in [-0.25, -0.2) is 4.98 Å². The Hall–Kier alpha value is -0.380.